The van der Waals surface area contributed by atoms with E-state index in [1.54, 1.807) is 0 Å². The quantitative estimate of drug-likeness (QED) is 0.553. The largest absolute Gasteiger partial charge is 0.412 e. The van der Waals surface area contributed by atoms with Crippen LogP contribution in [-0.2, 0) is 0 Å². The van der Waals surface area contributed by atoms with E-state index in [0.29, 0.717) is 6.42 Å². The summed E-state index contributed by atoms with van der Waals surface area (Å²) in [7, 11) is 0. The molecule has 0 N–H and O–H groups in total. The first-order valence-corrected chi connectivity index (χ1v) is 5.23. The molecule has 0 amide bonds. The van der Waals surface area contributed by atoms with Crippen LogP contribution in [-0.4, -0.2) is 6.18 Å². The zero-order chi connectivity index (χ0) is 12.2. The van der Waals surface area contributed by atoms with E-state index in [-0.39, 0.29) is 6.42 Å². The topological polar surface area (TPSA) is 0 Å². The Morgan fingerprint density at radius 1 is 1.07 bits per heavy atom. The number of alkyl halides is 3. The highest BCUT2D eigenvalue weighted by molar-refractivity contribution is 5.01. The fourth-order valence-electron chi connectivity index (χ4n) is 0.532. The van der Waals surface area contributed by atoms with E-state index in [4.69, 9.17) is 0 Å². The maximum Gasteiger partial charge on any atom is 0.412 e. The molecule has 0 rings (SSSR count). The first-order chi connectivity index (χ1) is 6.48. The van der Waals surface area contributed by atoms with Gasteiger partial charge in [-0.15, -0.1) is 0 Å². The van der Waals surface area contributed by atoms with Crippen molar-refractivity contribution in [2.24, 2.45) is 0 Å². The minimum Gasteiger partial charge on any atom is -0.167 e. The van der Waals surface area contributed by atoms with Gasteiger partial charge in [-0.25, -0.2) is 0 Å². The van der Waals surface area contributed by atoms with E-state index < -0.39 is 11.7 Å². The van der Waals surface area contributed by atoms with Crippen LogP contribution in [0.5, 0.6) is 0 Å². The summed E-state index contributed by atoms with van der Waals surface area (Å²) < 4.78 is 35.0. The molecular formula is C11H23F3. The summed E-state index contributed by atoms with van der Waals surface area (Å²) >= 11 is 0. The van der Waals surface area contributed by atoms with Crippen LogP contribution in [0, 0.1) is 0 Å². The zero-order valence-electron chi connectivity index (χ0n) is 9.96. The van der Waals surface area contributed by atoms with Gasteiger partial charge in [-0.3, -0.25) is 0 Å². The first-order valence-electron chi connectivity index (χ1n) is 5.23. The van der Waals surface area contributed by atoms with Gasteiger partial charge in [-0.05, 0) is 12.8 Å². The Morgan fingerprint density at radius 3 is 1.64 bits per heavy atom. The molecule has 0 saturated carbocycles. The summed E-state index contributed by atoms with van der Waals surface area (Å²) in [5.74, 6) is 0. The lowest BCUT2D eigenvalue weighted by Gasteiger charge is -2.07. The monoisotopic (exact) mass is 212 g/mol. The summed E-state index contributed by atoms with van der Waals surface area (Å²) in [5, 5.41) is 0. The van der Waals surface area contributed by atoms with Gasteiger partial charge in [0.25, 0.3) is 0 Å². The van der Waals surface area contributed by atoms with Crippen molar-refractivity contribution >= 4 is 0 Å². The second-order valence-corrected chi connectivity index (χ2v) is 2.20. The molecule has 14 heavy (non-hydrogen) atoms. The van der Waals surface area contributed by atoms with E-state index in [1.807, 2.05) is 34.6 Å². The van der Waals surface area contributed by atoms with Crippen LogP contribution >= 0.6 is 0 Å². The van der Waals surface area contributed by atoms with Crippen molar-refractivity contribution < 1.29 is 13.2 Å². The lowest BCUT2D eigenvalue weighted by atomic mass is 10.1. The highest BCUT2D eigenvalue weighted by atomic mass is 19.4. The van der Waals surface area contributed by atoms with Crippen LogP contribution in [0.4, 0.5) is 13.2 Å². The molecule has 0 nitrogen and oxygen atoms in total. The normalized spacial score (nSPS) is 9.14. The Bertz CT molecular complexity index is 114. The molecule has 0 unspecified atom stereocenters. The molecule has 0 bridgehead atoms. The van der Waals surface area contributed by atoms with Crippen LogP contribution in [0.1, 0.15) is 53.9 Å². The third kappa shape index (κ3) is 14.1. The molecule has 0 spiro atoms. The predicted molar refractivity (Wildman–Crippen MR) is 57.4 cm³/mol. The molecule has 0 radical (unpaired) electrons. The molecule has 88 valence electrons. The van der Waals surface area contributed by atoms with E-state index >= 15 is 0 Å². The molecule has 0 atom stereocenters. The van der Waals surface area contributed by atoms with Crippen molar-refractivity contribution in [1.29, 1.82) is 0 Å². The van der Waals surface area contributed by atoms with Gasteiger partial charge in [-0.2, -0.15) is 13.2 Å². The average Bonchev–Trinajstić information content (AvgIpc) is 2.19. The van der Waals surface area contributed by atoms with E-state index in [1.165, 1.54) is 0 Å². The number of hydrogen-bond acceptors (Lipinski definition) is 0. The summed E-state index contributed by atoms with van der Waals surface area (Å²) in [5.41, 5.74) is -0.616. The Morgan fingerprint density at radius 2 is 1.43 bits per heavy atom. The average molecular weight is 212 g/mol. The van der Waals surface area contributed by atoms with E-state index in [0.717, 1.165) is 6.42 Å². The molecule has 0 fully saturated rings. The van der Waals surface area contributed by atoms with E-state index in [2.05, 4.69) is 6.58 Å². The molecule has 0 saturated heterocycles. The second-order valence-electron chi connectivity index (χ2n) is 2.20. The molecule has 0 aromatic rings. The van der Waals surface area contributed by atoms with Crippen LogP contribution < -0.4 is 0 Å². The Labute approximate surface area is 86.2 Å². The summed E-state index contributed by atoms with van der Waals surface area (Å²) in [6, 6.07) is 0. The van der Waals surface area contributed by atoms with Crippen LogP contribution in [0.15, 0.2) is 12.2 Å². The third-order valence-electron chi connectivity index (χ3n) is 1.23. The summed E-state index contributed by atoms with van der Waals surface area (Å²) in [6.07, 6.45) is -2.78. The third-order valence-corrected chi connectivity index (χ3v) is 1.23. The van der Waals surface area contributed by atoms with Gasteiger partial charge in [0, 0.05) is 5.57 Å². The molecular weight excluding hydrogens is 189 g/mol. The maximum absolute atomic E-state index is 11.7. The van der Waals surface area contributed by atoms with Gasteiger partial charge in [0.1, 0.15) is 0 Å². The SMILES string of the molecule is C=C(CCCC)C(F)(F)F.CC.CC. The van der Waals surface area contributed by atoms with Crippen LogP contribution in [0.25, 0.3) is 0 Å². The Balaban J connectivity index is -0.000000266. The number of hydrogen-bond donors (Lipinski definition) is 0. The van der Waals surface area contributed by atoms with Crippen molar-refractivity contribution in [3.05, 3.63) is 12.2 Å². The second kappa shape index (κ2) is 12.5. The minimum atomic E-state index is -4.19. The number of allylic oxidation sites excluding steroid dienone is 1. The van der Waals surface area contributed by atoms with Gasteiger partial charge >= 0.3 is 6.18 Å². The molecule has 3 heteroatoms. The predicted octanol–water partition coefficient (Wildman–Crippen LogP) is 5.35. The zero-order valence-corrected chi connectivity index (χ0v) is 9.96. The van der Waals surface area contributed by atoms with Crippen molar-refractivity contribution in [2.45, 2.75) is 60.1 Å². The number of unbranched alkanes of at least 4 members (excludes halogenated alkanes) is 1. The molecule has 0 aliphatic heterocycles. The van der Waals surface area contributed by atoms with Gasteiger partial charge in [0.2, 0.25) is 0 Å². The standard InChI is InChI=1S/C7H11F3.2C2H6/c1-3-4-5-6(2)7(8,9)10;2*1-2/h2-5H2,1H3;2*1-2H3. The molecule has 0 aromatic carbocycles. The van der Waals surface area contributed by atoms with Crippen molar-refractivity contribution in [2.75, 3.05) is 0 Å². The molecule has 0 heterocycles. The Kier molecular flexibility index (Phi) is 17.1. The molecule has 0 aliphatic carbocycles. The van der Waals surface area contributed by atoms with Gasteiger partial charge in [0.15, 0.2) is 0 Å². The lowest BCUT2D eigenvalue weighted by molar-refractivity contribution is -0.0937. The van der Waals surface area contributed by atoms with Crippen LogP contribution in [0.3, 0.4) is 0 Å². The van der Waals surface area contributed by atoms with Crippen molar-refractivity contribution in [3.63, 3.8) is 0 Å². The maximum atomic E-state index is 11.7. The molecule has 0 aliphatic rings. The van der Waals surface area contributed by atoms with E-state index in [9.17, 15) is 13.2 Å². The van der Waals surface area contributed by atoms with Gasteiger partial charge < -0.3 is 0 Å². The smallest absolute Gasteiger partial charge is 0.167 e. The number of halogens is 3. The summed E-state index contributed by atoms with van der Waals surface area (Å²) in [4.78, 5) is 0. The summed E-state index contributed by atoms with van der Waals surface area (Å²) in [6.45, 7) is 12.8. The fourth-order valence-corrected chi connectivity index (χ4v) is 0.532. The van der Waals surface area contributed by atoms with Crippen molar-refractivity contribution in [1.82, 2.24) is 0 Å². The fraction of sp³-hybridized carbons (Fsp3) is 0.818. The molecule has 0 aromatic heterocycles. The first kappa shape index (κ1) is 19.2. The highest BCUT2D eigenvalue weighted by Crippen LogP contribution is 2.27. The minimum absolute atomic E-state index is 0.0694. The lowest BCUT2D eigenvalue weighted by Crippen LogP contribution is -2.10. The van der Waals surface area contributed by atoms with Gasteiger partial charge in [0.05, 0.1) is 0 Å². The van der Waals surface area contributed by atoms with Crippen LogP contribution in [0.2, 0.25) is 0 Å². The van der Waals surface area contributed by atoms with Crippen molar-refractivity contribution in [3.8, 4) is 0 Å². The van der Waals surface area contributed by atoms with Gasteiger partial charge in [-0.1, -0.05) is 47.6 Å². The number of rotatable bonds is 3. The highest BCUT2D eigenvalue weighted by Gasteiger charge is 2.30. The Hall–Kier alpha value is -0.470.